The van der Waals surface area contributed by atoms with Gasteiger partial charge in [-0.15, -0.1) is 0 Å². The number of carbonyl (C=O) groups is 1. The van der Waals surface area contributed by atoms with Gasteiger partial charge in [0.2, 0.25) is 12.7 Å². The van der Waals surface area contributed by atoms with Crippen molar-refractivity contribution in [2.45, 2.75) is 44.8 Å². The molecule has 0 spiro atoms. The van der Waals surface area contributed by atoms with Crippen molar-refractivity contribution in [3.8, 4) is 22.8 Å². The number of amides is 1. The average molecular weight is 372 g/mol. The lowest BCUT2D eigenvalue weighted by Gasteiger charge is -2.31. The van der Waals surface area contributed by atoms with Crippen molar-refractivity contribution in [2.75, 3.05) is 20.4 Å². The topological polar surface area (TPSA) is 74.0 Å². The van der Waals surface area contributed by atoms with Gasteiger partial charge in [0.25, 0.3) is 0 Å². The minimum atomic E-state index is 0.0152. The molecule has 2 aromatic rings. The third-order valence-electron chi connectivity index (χ3n) is 5.21. The molecule has 0 N–H and O–H groups in total. The zero-order valence-electron chi connectivity index (χ0n) is 15.5. The molecule has 7 nitrogen and oxygen atoms in total. The molecule has 4 rings (SSSR count). The molecule has 27 heavy (non-hydrogen) atoms. The molecule has 1 aromatic carbocycles. The number of rotatable bonds is 6. The van der Waals surface area contributed by atoms with Crippen molar-refractivity contribution in [1.29, 1.82) is 0 Å². The van der Waals surface area contributed by atoms with Crippen LogP contribution in [0.15, 0.2) is 28.8 Å². The lowest BCUT2D eigenvalue weighted by atomic mass is 9.94. The number of carbonyl (C=O) groups excluding carboxylic acids is 1. The monoisotopic (exact) mass is 372 g/mol. The highest BCUT2D eigenvalue weighted by atomic mass is 16.7. The Balaban J connectivity index is 1.29. The van der Waals surface area contributed by atoms with Crippen molar-refractivity contribution in [2.24, 2.45) is 0 Å². The largest absolute Gasteiger partial charge is 0.454 e. The highest BCUT2D eigenvalue weighted by Gasteiger charge is 2.22. The Morgan fingerprint density at radius 1 is 1.19 bits per heavy atom. The minimum Gasteiger partial charge on any atom is -0.454 e. The van der Waals surface area contributed by atoms with E-state index in [2.05, 4.69) is 5.16 Å². The first-order chi connectivity index (χ1) is 13.2. The van der Waals surface area contributed by atoms with E-state index in [-0.39, 0.29) is 25.9 Å². The summed E-state index contributed by atoms with van der Waals surface area (Å²) in [6, 6.07) is 7.75. The van der Waals surface area contributed by atoms with Crippen LogP contribution in [-0.2, 0) is 16.1 Å². The van der Waals surface area contributed by atoms with Gasteiger partial charge in [-0.3, -0.25) is 4.79 Å². The maximum atomic E-state index is 12.3. The van der Waals surface area contributed by atoms with Crippen LogP contribution in [0.2, 0.25) is 0 Å². The fourth-order valence-corrected chi connectivity index (χ4v) is 3.58. The van der Waals surface area contributed by atoms with Crippen LogP contribution in [0.4, 0.5) is 0 Å². The van der Waals surface area contributed by atoms with Gasteiger partial charge in [-0.2, -0.15) is 0 Å². The van der Waals surface area contributed by atoms with E-state index in [1.165, 1.54) is 19.3 Å². The Kier molecular flexibility index (Phi) is 5.29. The molecular formula is C20H24N2O5. The Bertz CT molecular complexity index is 797. The second-order valence-electron chi connectivity index (χ2n) is 7.04. The molecular weight excluding hydrogens is 348 g/mol. The minimum absolute atomic E-state index is 0.0152. The molecule has 0 atom stereocenters. The van der Waals surface area contributed by atoms with Crippen molar-refractivity contribution in [3.05, 3.63) is 30.0 Å². The summed E-state index contributed by atoms with van der Waals surface area (Å²) in [5, 5.41) is 4.02. The van der Waals surface area contributed by atoms with E-state index in [0.29, 0.717) is 23.2 Å². The third kappa shape index (κ3) is 4.08. The van der Waals surface area contributed by atoms with Crippen LogP contribution < -0.4 is 9.47 Å². The number of benzene rings is 1. The first kappa shape index (κ1) is 17.9. The number of hydrogen-bond donors (Lipinski definition) is 0. The summed E-state index contributed by atoms with van der Waals surface area (Å²) >= 11 is 0. The Morgan fingerprint density at radius 3 is 2.85 bits per heavy atom. The normalized spacial score (nSPS) is 16.5. The van der Waals surface area contributed by atoms with E-state index >= 15 is 0 Å². The fourth-order valence-electron chi connectivity index (χ4n) is 3.58. The van der Waals surface area contributed by atoms with Gasteiger partial charge in [0, 0.05) is 24.7 Å². The van der Waals surface area contributed by atoms with E-state index in [0.717, 1.165) is 24.2 Å². The summed E-state index contributed by atoms with van der Waals surface area (Å²) in [7, 11) is 1.87. The van der Waals surface area contributed by atoms with Crippen molar-refractivity contribution in [1.82, 2.24) is 10.1 Å². The molecule has 144 valence electrons. The summed E-state index contributed by atoms with van der Waals surface area (Å²) in [6.45, 7) is 0.523. The SMILES string of the molecule is CN(C(=O)COCc1cc(-c2ccc3c(c2)OCO3)on1)C1CCCCC1. The highest BCUT2D eigenvalue weighted by Crippen LogP contribution is 2.36. The summed E-state index contributed by atoms with van der Waals surface area (Å²) in [4.78, 5) is 14.1. The first-order valence-electron chi connectivity index (χ1n) is 9.40. The van der Waals surface area contributed by atoms with Crippen LogP contribution in [0.3, 0.4) is 0 Å². The smallest absolute Gasteiger partial charge is 0.248 e. The van der Waals surface area contributed by atoms with Gasteiger partial charge in [0.15, 0.2) is 17.3 Å². The van der Waals surface area contributed by atoms with Gasteiger partial charge in [0.05, 0.1) is 6.61 Å². The lowest BCUT2D eigenvalue weighted by molar-refractivity contribution is -0.138. The van der Waals surface area contributed by atoms with E-state index in [1.807, 2.05) is 36.2 Å². The van der Waals surface area contributed by atoms with Crippen molar-refractivity contribution < 1.29 is 23.5 Å². The number of ether oxygens (including phenoxy) is 3. The molecule has 1 saturated carbocycles. The molecule has 0 radical (unpaired) electrons. The molecule has 0 bridgehead atoms. The van der Waals surface area contributed by atoms with E-state index in [1.54, 1.807) is 0 Å². The van der Waals surface area contributed by atoms with Crippen LogP contribution in [0.25, 0.3) is 11.3 Å². The van der Waals surface area contributed by atoms with Crippen LogP contribution in [-0.4, -0.2) is 42.5 Å². The number of hydrogen-bond acceptors (Lipinski definition) is 6. The molecule has 0 unspecified atom stereocenters. The number of likely N-dealkylation sites (N-methyl/N-ethyl adjacent to an activating group) is 1. The maximum Gasteiger partial charge on any atom is 0.248 e. The fraction of sp³-hybridized carbons (Fsp3) is 0.500. The Hall–Kier alpha value is -2.54. The molecule has 1 aromatic heterocycles. The molecule has 0 saturated heterocycles. The van der Waals surface area contributed by atoms with Crippen molar-refractivity contribution >= 4 is 5.91 Å². The molecule has 2 aliphatic rings. The lowest BCUT2D eigenvalue weighted by Crippen LogP contribution is -2.40. The summed E-state index contributed by atoms with van der Waals surface area (Å²) < 4.78 is 21.6. The number of fused-ring (bicyclic) bond motifs is 1. The zero-order valence-corrected chi connectivity index (χ0v) is 15.5. The van der Waals surface area contributed by atoms with Crippen LogP contribution in [0, 0.1) is 0 Å². The van der Waals surface area contributed by atoms with Gasteiger partial charge in [-0.1, -0.05) is 24.4 Å². The average Bonchev–Trinajstić information content (AvgIpc) is 3.36. The van der Waals surface area contributed by atoms with Crippen LogP contribution in [0.1, 0.15) is 37.8 Å². The second kappa shape index (κ2) is 8.00. The van der Waals surface area contributed by atoms with Crippen LogP contribution in [0.5, 0.6) is 11.5 Å². The summed E-state index contributed by atoms with van der Waals surface area (Å²) in [5.74, 6) is 2.06. The predicted octanol–water partition coefficient (Wildman–Crippen LogP) is 3.38. The molecule has 7 heteroatoms. The van der Waals surface area contributed by atoms with Gasteiger partial charge < -0.3 is 23.6 Å². The summed E-state index contributed by atoms with van der Waals surface area (Å²) in [5.41, 5.74) is 1.50. The van der Waals surface area contributed by atoms with E-state index < -0.39 is 0 Å². The van der Waals surface area contributed by atoms with Gasteiger partial charge >= 0.3 is 0 Å². The van der Waals surface area contributed by atoms with Gasteiger partial charge in [0.1, 0.15) is 12.3 Å². The van der Waals surface area contributed by atoms with Crippen molar-refractivity contribution in [3.63, 3.8) is 0 Å². The zero-order chi connectivity index (χ0) is 18.6. The number of aromatic nitrogens is 1. The molecule has 2 heterocycles. The predicted molar refractivity (Wildman–Crippen MR) is 97.4 cm³/mol. The van der Waals surface area contributed by atoms with E-state index in [4.69, 9.17) is 18.7 Å². The van der Waals surface area contributed by atoms with Gasteiger partial charge in [-0.25, -0.2) is 0 Å². The maximum absolute atomic E-state index is 12.3. The molecule has 1 aliphatic carbocycles. The number of nitrogens with zero attached hydrogens (tertiary/aromatic N) is 2. The quantitative estimate of drug-likeness (QED) is 0.774. The summed E-state index contributed by atoms with van der Waals surface area (Å²) in [6.07, 6.45) is 5.84. The Labute approximate surface area is 158 Å². The molecule has 1 aliphatic heterocycles. The van der Waals surface area contributed by atoms with E-state index in [9.17, 15) is 4.79 Å². The third-order valence-corrected chi connectivity index (χ3v) is 5.21. The molecule has 1 fully saturated rings. The first-order valence-corrected chi connectivity index (χ1v) is 9.40. The van der Waals surface area contributed by atoms with Crippen LogP contribution >= 0.6 is 0 Å². The second-order valence-corrected chi connectivity index (χ2v) is 7.04. The van der Waals surface area contributed by atoms with Gasteiger partial charge in [-0.05, 0) is 31.0 Å². The molecule has 1 amide bonds. The highest BCUT2D eigenvalue weighted by molar-refractivity contribution is 5.77. The Morgan fingerprint density at radius 2 is 2.00 bits per heavy atom. The standard InChI is InChI=1S/C20H24N2O5/c1-22(16-5-3-2-4-6-16)20(23)12-24-11-15-10-18(27-21-15)14-7-8-17-19(9-14)26-13-25-17/h7-10,16H,2-6,11-13H2,1H3.